The van der Waals surface area contributed by atoms with Gasteiger partial charge in [0.05, 0.1) is 30.4 Å². The maximum absolute atomic E-state index is 14.9. The van der Waals surface area contributed by atoms with Gasteiger partial charge in [-0.3, -0.25) is 4.98 Å². The minimum atomic E-state index is -4.59. The van der Waals surface area contributed by atoms with Crippen LogP contribution in [0.2, 0.25) is 19.6 Å². The van der Waals surface area contributed by atoms with Crippen LogP contribution in [0.5, 0.6) is 0 Å². The van der Waals surface area contributed by atoms with Crippen LogP contribution in [0.15, 0.2) is 115 Å². The van der Waals surface area contributed by atoms with Crippen LogP contribution in [0.4, 0.5) is 13.2 Å². The zero-order chi connectivity index (χ0) is 33.3. The van der Waals surface area contributed by atoms with Crippen molar-refractivity contribution in [2.75, 3.05) is 0 Å². The summed E-state index contributed by atoms with van der Waals surface area (Å²) in [5.74, 6) is 0. The van der Waals surface area contributed by atoms with E-state index in [2.05, 4.69) is 93.9 Å². The SMILES string of the molecule is CC(C)(C)c1cc(-c2ncc(C(F)(F)F)c3c4ccc(-c5ccc([Si](C)(C)C)cc5)cc4n(-c4ccccc4)c23)cc2ccccc12. The molecule has 0 aliphatic carbocycles. The Morgan fingerprint density at radius 2 is 1.30 bits per heavy atom. The van der Waals surface area contributed by atoms with Crippen LogP contribution in [-0.4, -0.2) is 17.6 Å². The first-order chi connectivity index (χ1) is 22.2. The Hall–Kier alpha value is -4.68. The molecule has 0 spiro atoms. The molecule has 6 heteroatoms. The molecule has 2 nitrogen and oxygen atoms in total. The van der Waals surface area contributed by atoms with Gasteiger partial charge >= 0.3 is 6.18 Å². The molecule has 5 aromatic carbocycles. The number of aromatic nitrogens is 2. The second-order valence-electron chi connectivity index (χ2n) is 14.5. The van der Waals surface area contributed by atoms with Crippen molar-refractivity contribution in [2.45, 2.75) is 52.0 Å². The number of halogens is 3. The lowest BCUT2D eigenvalue weighted by molar-refractivity contribution is -0.136. The summed E-state index contributed by atoms with van der Waals surface area (Å²) < 4.78 is 46.5. The van der Waals surface area contributed by atoms with Crippen LogP contribution < -0.4 is 5.19 Å². The predicted octanol–water partition coefficient (Wildman–Crippen LogP) is 11.5. The van der Waals surface area contributed by atoms with Gasteiger partial charge in [-0.2, -0.15) is 13.2 Å². The molecule has 0 atom stereocenters. The van der Waals surface area contributed by atoms with E-state index in [0.29, 0.717) is 22.1 Å². The van der Waals surface area contributed by atoms with Gasteiger partial charge in [0.2, 0.25) is 0 Å². The van der Waals surface area contributed by atoms with Crippen molar-refractivity contribution in [3.05, 3.63) is 127 Å². The fraction of sp³-hybridized carbons (Fsp3) is 0.195. The normalized spacial score (nSPS) is 12.8. The summed E-state index contributed by atoms with van der Waals surface area (Å²) in [4.78, 5) is 4.63. The second kappa shape index (κ2) is 10.9. The number of hydrogen-bond acceptors (Lipinski definition) is 1. The number of hydrogen-bond donors (Lipinski definition) is 0. The van der Waals surface area contributed by atoms with E-state index in [1.54, 1.807) is 0 Å². The molecule has 0 amide bonds. The average molecular weight is 643 g/mol. The summed E-state index contributed by atoms with van der Waals surface area (Å²) in [7, 11) is -1.49. The molecular weight excluding hydrogens is 606 g/mol. The molecular formula is C41H37F3N2Si. The maximum Gasteiger partial charge on any atom is 0.418 e. The Balaban J connectivity index is 1.60. The van der Waals surface area contributed by atoms with Gasteiger partial charge in [0.1, 0.15) is 0 Å². The van der Waals surface area contributed by atoms with Crippen molar-refractivity contribution >= 4 is 45.8 Å². The number of rotatable bonds is 4. The van der Waals surface area contributed by atoms with Gasteiger partial charge in [0.15, 0.2) is 0 Å². The molecule has 0 aliphatic rings. The summed E-state index contributed by atoms with van der Waals surface area (Å²) >= 11 is 0. The Morgan fingerprint density at radius 3 is 1.96 bits per heavy atom. The Labute approximate surface area is 274 Å². The van der Waals surface area contributed by atoms with Crippen molar-refractivity contribution in [2.24, 2.45) is 0 Å². The molecule has 0 saturated heterocycles. The van der Waals surface area contributed by atoms with Crippen molar-refractivity contribution in [1.29, 1.82) is 0 Å². The molecule has 0 radical (unpaired) electrons. The molecule has 236 valence electrons. The van der Waals surface area contributed by atoms with Crippen molar-refractivity contribution < 1.29 is 13.2 Å². The first kappa shape index (κ1) is 30.9. The van der Waals surface area contributed by atoms with E-state index in [9.17, 15) is 13.2 Å². The van der Waals surface area contributed by atoms with Gasteiger partial charge in [0.25, 0.3) is 0 Å². The number of benzene rings is 5. The van der Waals surface area contributed by atoms with Crippen LogP contribution in [-0.2, 0) is 11.6 Å². The standard InChI is InChI=1S/C41H37F3N2Si/c1-40(2,3)34-23-29(22-28-12-10-11-15-32(28)34)38-39-37(35(25-45-38)41(42,43)44)33-21-18-27(26-16-19-31(20-17-26)47(4,5)6)24-36(33)46(39)30-13-8-7-9-14-30/h7-25H,1-6H3. The first-order valence-corrected chi connectivity index (χ1v) is 19.5. The third-order valence-electron chi connectivity index (χ3n) is 9.13. The van der Waals surface area contributed by atoms with Crippen molar-refractivity contribution in [3.8, 4) is 28.1 Å². The van der Waals surface area contributed by atoms with E-state index < -0.39 is 19.8 Å². The number of nitrogens with zero attached hydrogens (tertiary/aromatic N) is 2. The average Bonchev–Trinajstić information content (AvgIpc) is 3.37. The van der Waals surface area contributed by atoms with Gasteiger partial charge in [0, 0.05) is 28.2 Å². The van der Waals surface area contributed by atoms with Gasteiger partial charge < -0.3 is 4.57 Å². The zero-order valence-electron chi connectivity index (χ0n) is 27.5. The summed E-state index contributed by atoms with van der Waals surface area (Å²) in [6.07, 6.45) is -3.58. The summed E-state index contributed by atoms with van der Waals surface area (Å²) in [6, 6.07) is 36.4. The first-order valence-electron chi connectivity index (χ1n) is 16.0. The highest BCUT2D eigenvalue weighted by Crippen LogP contribution is 2.45. The molecule has 0 aliphatic heterocycles. The van der Waals surface area contributed by atoms with Gasteiger partial charge in [-0.05, 0) is 63.2 Å². The minimum Gasteiger partial charge on any atom is -0.307 e. The lowest BCUT2D eigenvalue weighted by atomic mass is 9.82. The van der Waals surface area contributed by atoms with Crippen molar-refractivity contribution in [1.82, 2.24) is 9.55 Å². The quantitative estimate of drug-likeness (QED) is 0.175. The van der Waals surface area contributed by atoms with Gasteiger partial charge in [-0.25, -0.2) is 0 Å². The highest BCUT2D eigenvalue weighted by Gasteiger charge is 2.36. The third kappa shape index (κ3) is 5.44. The summed E-state index contributed by atoms with van der Waals surface area (Å²) in [5, 5.41) is 4.21. The number of para-hydroxylation sites is 1. The molecule has 2 heterocycles. The van der Waals surface area contributed by atoms with Gasteiger partial charge in [-0.1, -0.05) is 124 Å². The third-order valence-corrected chi connectivity index (χ3v) is 11.2. The number of fused-ring (bicyclic) bond motifs is 4. The maximum atomic E-state index is 14.9. The van der Waals surface area contributed by atoms with E-state index >= 15 is 0 Å². The summed E-state index contributed by atoms with van der Waals surface area (Å²) in [5.41, 5.74) is 5.38. The Kier molecular flexibility index (Phi) is 7.21. The van der Waals surface area contributed by atoms with Crippen LogP contribution in [0.3, 0.4) is 0 Å². The molecule has 0 unspecified atom stereocenters. The fourth-order valence-electron chi connectivity index (χ4n) is 6.72. The molecule has 0 N–H and O–H groups in total. The van der Waals surface area contributed by atoms with Crippen LogP contribution in [0, 0.1) is 0 Å². The number of alkyl halides is 3. The molecule has 0 saturated carbocycles. The lowest BCUT2D eigenvalue weighted by Gasteiger charge is -2.23. The largest absolute Gasteiger partial charge is 0.418 e. The van der Waals surface area contributed by atoms with E-state index in [-0.39, 0.29) is 10.8 Å². The van der Waals surface area contributed by atoms with Crippen LogP contribution >= 0.6 is 0 Å². The Bertz CT molecular complexity index is 2290. The van der Waals surface area contributed by atoms with Gasteiger partial charge in [-0.15, -0.1) is 0 Å². The van der Waals surface area contributed by atoms with Crippen LogP contribution in [0.1, 0.15) is 31.9 Å². The van der Waals surface area contributed by atoms with E-state index in [0.717, 1.165) is 44.9 Å². The van der Waals surface area contributed by atoms with E-state index in [4.69, 9.17) is 0 Å². The minimum absolute atomic E-state index is 0.160. The van der Waals surface area contributed by atoms with Crippen LogP contribution in [0.25, 0.3) is 60.6 Å². The monoisotopic (exact) mass is 642 g/mol. The number of pyridine rings is 1. The predicted molar refractivity (Wildman–Crippen MR) is 194 cm³/mol. The molecule has 47 heavy (non-hydrogen) atoms. The molecule has 2 aromatic heterocycles. The molecule has 0 fully saturated rings. The lowest BCUT2D eigenvalue weighted by Crippen LogP contribution is -2.37. The van der Waals surface area contributed by atoms with Crippen molar-refractivity contribution in [3.63, 3.8) is 0 Å². The fourth-order valence-corrected chi connectivity index (χ4v) is 7.89. The smallest absolute Gasteiger partial charge is 0.307 e. The topological polar surface area (TPSA) is 17.8 Å². The second-order valence-corrected chi connectivity index (χ2v) is 19.5. The highest BCUT2D eigenvalue weighted by atomic mass is 28.3. The zero-order valence-corrected chi connectivity index (χ0v) is 28.5. The molecule has 7 rings (SSSR count). The summed E-state index contributed by atoms with van der Waals surface area (Å²) in [6.45, 7) is 13.4. The van der Waals surface area contributed by atoms with E-state index in [1.165, 1.54) is 5.19 Å². The Morgan fingerprint density at radius 1 is 0.638 bits per heavy atom. The molecule has 7 aromatic rings. The van der Waals surface area contributed by atoms with E-state index in [1.807, 2.05) is 65.2 Å². The highest BCUT2D eigenvalue weighted by molar-refractivity contribution is 6.88. The molecule has 0 bridgehead atoms.